The topological polar surface area (TPSA) is 68.2 Å². The zero-order valence-corrected chi connectivity index (χ0v) is 14.0. The third-order valence-electron chi connectivity index (χ3n) is 4.56. The molecule has 0 saturated carbocycles. The Morgan fingerprint density at radius 2 is 2.04 bits per heavy atom. The Balaban J connectivity index is 1.67. The number of aliphatic imine (C=N–C) groups is 1. The molecule has 0 spiro atoms. The lowest BCUT2D eigenvalue weighted by molar-refractivity contribution is -0.126. The number of rotatable bonds is 2. The third-order valence-corrected chi connectivity index (χ3v) is 4.92. The van der Waals surface area contributed by atoms with Crippen molar-refractivity contribution < 1.29 is 9.59 Å². The second-order valence-electron chi connectivity index (χ2n) is 6.05. The van der Waals surface area contributed by atoms with Gasteiger partial charge in [0.05, 0.1) is 6.54 Å². The molecule has 3 aliphatic heterocycles. The summed E-state index contributed by atoms with van der Waals surface area (Å²) in [4.78, 5) is 34.0. The molecule has 8 heteroatoms. The Hall–Kier alpha value is -2.54. The number of halogens is 1. The predicted octanol–water partition coefficient (Wildman–Crippen LogP) is 1.56. The molecule has 24 heavy (non-hydrogen) atoms. The lowest BCUT2D eigenvalue weighted by atomic mass is 10.1. The van der Waals surface area contributed by atoms with E-state index in [1.807, 2.05) is 47.2 Å². The molecule has 1 saturated heterocycles. The first-order valence-corrected chi connectivity index (χ1v) is 7.98. The number of allylic oxidation sites excluding steroid dienone is 1. The van der Waals surface area contributed by atoms with E-state index in [0.29, 0.717) is 17.5 Å². The highest BCUT2D eigenvalue weighted by atomic mass is 35.5. The largest absolute Gasteiger partial charge is 0.325 e. The summed E-state index contributed by atoms with van der Waals surface area (Å²) < 4.78 is 0. The number of amides is 3. The van der Waals surface area contributed by atoms with E-state index < -0.39 is 18.2 Å². The number of likely N-dealkylation sites (N-methyl/N-ethyl adjacent to an activating group) is 1. The van der Waals surface area contributed by atoms with E-state index in [4.69, 9.17) is 11.6 Å². The van der Waals surface area contributed by atoms with Crippen molar-refractivity contribution in [2.45, 2.75) is 25.7 Å². The van der Waals surface area contributed by atoms with Crippen LogP contribution in [0.15, 0.2) is 41.2 Å². The summed E-state index contributed by atoms with van der Waals surface area (Å²) in [6.07, 6.45) is 1.38. The van der Waals surface area contributed by atoms with E-state index in [0.717, 1.165) is 11.3 Å². The van der Waals surface area contributed by atoms with Crippen LogP contribution < -0.4 is 5.32 Å². The van der Waals surface area contributed by atoms with Crippen LogP contribution in [0.25, 0.3) is 0 Å². The normalized spacial score (nSPS) is 25.4. The van der Waals surface area contributed by atoms with E-state index in [-0.39, 0.29) is 5.91 Å². The molecule has 0 aromatic heterocycles. The molecule has 3 amide bonds. The number of fused-ring (bicyclic) bond motifs is 3. The van der Waals surface area contributed by atoms with Crippen molar-refractivity contribution in [2.24, 2.45) is 4.99 Å². The monoisotopic (exact) mass is 345 g/mol. The number of guanidine groups is 1. The molecular formula is C16H16ClN5O2. The van der Waals surface area contributed by atoms with Crippen molar-refractivity contribution in [1.82, 2.24) is 20.0 Å². The standard InChI is InChI=1S/C16H16ClN5O2/c1-9-7-22-12-13(20(2)16(24)19-14(12)23)18-15(22)21(9)8-10-5-3-4-6-11(10)17/h3-7,12-13H,8H2,1-2H3,(H,19,23,24). The number of urea groups is 1. The molecule has 0 bridgehead atoms. The summed E-state index contributed by atoms with van der Waals surface area (Å²) in [6.45, 7) is 2.51. The second-order valence-corrected chi connectivity index (χ2v) is 6.46. The van der Waals surface area contributed by atoms with Gasteiger partial charge in [-0.1, -0.05) is 29.8 Å². The Morgan fingerprint density at radius 3 is 2.79 bits per heavy atom. The van der Waals surface area contributed by atoms with Crippen molar-refractivity contribution in [3.8, 4) is 0 Å². The summed E-state index contributed by atoms with van der Waals surface area (Å²) in [5.74, 6) is 0.338. The lowest BCUT2D eigenvalue weighted by Crippen LogP contribution is -2.62. The molecule has 2 atom stereocenters. The minimum Gasteiger partial charge on any atom is -0.310 e. The minimum atomic E-state index is -0.533. The number of carbonyl (C=O) groups excluding carboxylic acids is 2. The van der Waals surface area contributed by atoms with E-state index in [1.54, 1.807) is 7.05 Å². The number of nitrogens with zero attached hydrogens (tertiary/aromatic N) is 4. The first kappa shape index (κ1) is 15.0. The Kier molecular flexibility index (Phi) is 3.28. The van der Waals surface area contributed by atoms with Gasteiger partial charge in [0, 0.05) is 24.0 Å². The van der Waals surface area contributed by atoms with Crippen LogP contribution in [0.5, 0.6) is 0 Å². The van der Waals surface area contributed by atoms with Gasteiger partial charge in [0.25, 0.3) is 5.91 Å². The summed E-state index contributed by atoms with van der Waals surface area (Å²) >= 11 is 6.26. The first-order chi connectivity index (χ1) is 11.5. The molecular weight excluding hydrogens is 330 g/mol. The van der Waals surface area contributed by atoms with E-state index >= 15 is 0 Å². The van der Waals surface area contributed by atoms with Gasteiger partial charge in [-0.3, -0.25) is 10.1 Å². The van der Waals surface area contributed by atoms with Gasteiger partial charge >= 0.3 is 6.03 Å². The van der Waals surface area contributed by atoms with Crippen molar-refractivity contribution in [1.29, 1.82) is 0 Å². The third kappa shape index (κ3) is 2.08. The zero-order valence-electron chi connectivity index (χ0n) is 13.2. The van der Waals surface area contributed by atoms with Crippen molar-refractivity contribution in [3.63, 3.8) is 0 Å². The van der Waals surface area contributed by atoms with Crippen LogP contribution in [0.4, 0.5) is 4.79 Å². The van der Waals surface area contributed by atoms with Gasteiger partial charge in [0.1, 0.15) is 0 Å². The Morgan fingerprint density at radius 1 is 1.29 bits per heavy atom. The van der Waals surface area contributed by atoms with Gasteiger partial charge in [-0.05, 0) is 18.6 Å². The number of imide groups is 1. The number of hydrogen-bond acceptors (Lipinski definition) is 5. The van der Waals surface area contributed by atoms with E-state index in [1.165, 1.54) is 4.90 Å². The average Bonchev–Trinajstić information content (AvgIpc) is 3.04. The first-order valence-electron chi connectivity index (χ1n) is 7.60. The van der Waals surface area contributed by atoms with Gasteiger partial charge in [0.2, 0.25) is 5.96 Å². The number of benzene rings is 1. The molecule has 0 aliphatic carbocycles. The van der Waals surface area contributed by atoms with Crippen LogP contribution >= 0.6 is 11.6 Å². The Bertz CT molecular complexity index is 805. The minimum absolute atomic E-state index is 0.328. The van der Waals surface area contributed by atoms with Gasteiger partial charge < -0.3 is 14.7 Å². The van der Waals surface area contributed by atoms with Crippen molar-refractivity contribution in [2.75, 3.05) is 7.05 Å². The maximum atomic E-state index is 12.3. The van der Waals surface area contributed by atoms with Crippen LogP contribution in [0.1, 0.15) is 12.5 Å². The molecule has 1 N–H and O–H groups in total. The maximum Gasteiger partial charge on any atom is 0.325 e. The predicted molar refractivity (Wildman–Crippen MR) is 88.9 cm³/mol. The summed E-state index contributed by atoms with van der Waals surface area (Å²) in [5.41, 5.74) is 1.94. The second kappa shape index (κ2) is 5.24. The van der Waals surface area contributed by atoms with Crippen LogP contribution in [-0.2, 0) is 11.3 Å². The maximum absolute atomic E-state index is 12.3. The molecule has 2 unspecified atom stereocenters. The van der Waals surface area contributed by atoms with Crippen LogP contribution in [-0.4, -0.2) is 51.9 Å². The smallest absolute Gasteiger partial charge is 0.310 e. The zero-order chi connectivity index (χ0) is 17.0. The molecule has 124 valence electrons. The fourth-order valence-electron chi connectivity index (χ4n) is 3.24. The summed E-state index contributed by atoms with van der Waals surface area (Å²) in [7, 11) is 1.64. The molecule has 7 nitrogen and oxygen atoms in total. The van der Waals surface area contributed by atoms with Gasteiger partial charge in [-0.15, -0.1) is 0 Å². The van der Waals surface area contributed by atoms with Gasteiger partial charge in [0.15, 0.2) is 12.2 Å². The van der Waals surface area contributed by atoms with Gasteiger partial charge in [-0.2, -0.15) is 0 Å². The molecule has 1 aromatic carbocycles. The number of nitrogens with one attached hydrogen (secondary N) is 1. The Labute approximate surface area is 144 Å². The quantitative estimate of drug-likeness (QED) is 0.883. The fourth-order valence-corrected chi connectivity index (χ4v) is 3.44. The SMILES string of the molecule is CC1=CN2C(=NC3C2C(=O)NC(=O)N3C)N1Cc1ccccc1Cl. The fraction of sp³-hybridized carbons (Fsp3) is 0.312. The molecule has 3 heterocycles. The van der Waals surface area contributed by atoms with Crippen molar-refractivity contribution >= 4 is 29.5 Å². The van der Waals surface area contributed by atoms with Crippen LogP contribution in [0, 0.1) is 0 Å². The molecule has 1 aromatic rings. The number of carbonyl (C=O) groups is 2. The average molecular weight is 346 g/mol. The van der Waals surface area contributed by atoms with E-state index in [2.05, 4.69) is 10.3 Å². The van der Waals surface area contributed by atoms with Crippen LogP contribution in [0.2, 0.25) is 5.02 Å². The number of hydrogen-bond donors (Lipinski definition) is 1. The van der Waals surface area contributed by atoms with Gasteiger partial charge in [-0.25, -0.2) is 9.79 Å². The highest BCUT2D eigenvalue weighted by Crippen LogP contribution is 2.33. The molecule has 4 rings (SSSR count). The van der Waals surface area contributed by atoms with E-state index in [9.17, 15) is 9.59 Å². The summed E-state index contributed by atoms with van der Waals surface area (Å²) in [6, 6.07) is 6.67. The molecule has 3 aliphatic rings. The highest BCUT2D eigenvalue weighted by Gasteiger charge is 2.51. The lowest BCUT2D eigenvalue weighted by Gasteiger charge is -2.34. The summed E-state index contributed by atoms with van der Waals surface area (Å²) in [5, 5.41) is 3.05. The van der Waals surface area contributed by atoms with Crippen LogP contribution in [0.3, 0.4) is 0 Å². The molecule has 0 radical (unpaired) electrons. The van der Waals surface area contributed by atoms with Crippen molar-refractivity contribution in [3.05, 3.63) is 46.7 Å². The highest BCUT2D eigenvalue weighted by molar-refractivity contribution is 6.31. The molecule has 1 fully saturated rings.